The van der Waals surface area contributed by atoms with Gasteiger partial charge in [0.05, 0.1) is 44.2 Å². The molecule has 2 aliphatic rings. The lowest BCUT2D eigenvalue weighted by atomic mass is 9.77. The average Bonchev–Trinajstić information content (AvgIpc) is 2.87. The van der Waals surface area contributed by atoms with Gasteiger partial charge in [-0.3, -0.25) is 4.79 Å². The lowest BCUT2D eigenvalue weighted by molar-refractivity contribution is -0.157. The zero-order chi connectivity index (χ0) is 27.9. The number of aromatic nitrogens is 2. The van der Waals surface area contributed by atoms with Gasteiger partial charge in [-0.15, -0.1) is 0 Å². The molecule has 0 radical (unpaired) electrons. The summed E-state index contributed by atoms with van der Waals surface area (Å²) in [5.74, 6) is 0.966. The maximum Gasteiger partial charge on any atom is 0.416 e. The number of ether oxygens (including phenoxy) is 2. The quantitative estimate of drug-likeness (QED) is 0.330. The minimum Gasteiger partial charge on any atom is -0.497 e. The molecule has 1 aromatic heterocycles. The molecular weight excluding hydrogens is 535 g/mol. The van der Waals surface area contributed by atoms with Gasteiger partial charge in [-0.05, 0) is 60.0 Å². The van der Waals surface area contributed by atoms with E-state index in [9.17, 15) is 18.0 Å². The van der Waals surface area contributed by atoms with Crippen LogP contribution in [-0.2, 0) is 34.1 Å². The van der Waals surface area contributed by atoms with Crippen molar-refractivity contribution >= 4 is 29.0 Å². The van der Waals surface area contributed by atoms with Crippen molar-refractivity contribution in [3.63, 3.8) is 0 Å². The molecule has 1 amide bonds. The fourth-order valence-electron chi connectivity index (χ4n) is 4.99. The number of halogens is 4. The van der Waals surface area contributed by atoms with Gasteiger partial charge in [0.1, 0.15) is 17.0 Å². The summed E-state index contributed by atoms with van der Waals surface area (Å²) in [4.78, 5) is 24.3. The molecule has 2 aromatic carbocycles. The molecule has 5 rings (SSSR count). The summed E-state index contributed by atoms with van der Waals surface area (Å²) in [7, 11) is 1.58. The van der Waals surface area contributed by atoms with Crippen LogP contribution in [0.15, 0.2) is 42.5 Å². The lowest BCUT2D eigenvalue weighted by Crippen LogP contribution is -2.59. The third-order valence-corrected chi connectivity index (χ3v) is 7.40. The molecule has 3 aromatic rings. The maximum atomic E-state index is 13.9. The van der Waals surface area contributed by atoms with E-state index < -0.39 is 23.2 Å². The van der Waals surface area contributed by atoms with Gasteiger partial charge in [0.25, 0.3) is 0 Å². The molecule has 206 valence electrons. The number of benzene rings is 2. The third-order valence-electron chi connectivity index (χ3n) is 7.23. The molecule has 1 fully saturated rings. The molecule has 1 atom stereocenters. The Hall–Kier alpha value is -3.57. The molecule has 3 heterocycles. The van der Waals surface area contributed by atoms with E-state index in [4.69, 9.17) is 26.8 Å². The summed E-state index contributed by atoms with van der Waals surface area (Å²) in [6.07, 6.45) is -4.09. The van der Waals surface area contributed by atoms with Gasteiger partial charge >= 0.3 is 6.18 Å². The first-order chi connectivity index (χ1) is 18.5. The van der Waals surface area contributed by atoms with E-state index in [1.807, 2.05) is 24.3 Å². The van der Waals surface area contributed by atoms with Crippen LogP contribution in [-0.4, -0.2) is 47.6 Å². The van der Waals surface area contributed by atoms with Gasteiger partial charge in [0.2, 0.25) is 11.2 Å². The summed E-state index contributed by atoms with van der Waals surface area (Å²) in [6, 6.07) is 10.2. The normalized spacial score (nSPS) is 17.1. The second-order valence-electron chi connectivity index (χ2n) is 9.80. The molecule has 0 saturated carbocycles. The molecular formula is C27H27ClF3N5O3. The second kappa shape index (κ2) is 10.2. The second-order valence-corrected chi connectivity index (χ2v) is 10.1. The topological polar surface area (TPSA) is 103 Å². The average molecular weight is 562 g/mol. The van der Waals surface area contributed by atoms with Crippen LogP contribution < -0.4 is 15.8 Å². The van der Waals surface area contributed by atoms with Gasteiger partial charge in [-0.1, -0.05) is 12.1 Å². The number of fused-ring (bicyclic) bond motifs is 1. The first kappa shape index (κ1) is 27.0. The number of hydrogen-bond donors (Lipinski definition) is 2. The number of amides is 1. The molecule has 0 unspecified atom stereocenters. The van der Waals surface area contributed by atoms with Crippen molar-refractivity contribution in [1.29, 1.82) is 0 Å². The van der Waals surface area contributed by atoms with E-state index in [2.05, 4.69) is 15.3 Å². The van der Waals surface area contributed by atoms with Crippen molar-refractivity contribution in [3.8, 4) is 5.75 Å². The van der Waals surface area contributed by atoms with E-state index in [-0.39, 0.29) is 36.6 Å². The minimum atomic E-state index is -4.53. The van der Waals surface area contributed by atoms with E-state index in [1.165, 1.54) is 6.07 Å². The molecule has 2 aliphatic heterocycles. The van der Waals surface area contributed by atoms with E-state index >= 15 is 0 Å². The summed E-state index contributed by atoms with van der Waals surface area (Å²) in [6.45, 7) is 2.86. The Bertz CT molecular complexity index is 1400. The molecule has 3 N–H and O–H groups in total. The molecule has 1 saturated heterocycles. The number of nitrogen functional groups attached to an aromatic ring is 1. The van der Waals surface area contributed by atoms with Crippen molar-refractivity contribution in [1.82, 2.24) is 14.9 Å². The van der Waals surface area contributed by atoms with Crippen LogP contribution in [0.3, 0.4) is 0 Å². The van der Waals surface area contributed by atoms with Crippen LogP contribution >= 0.6 is 11.6 Å². The van der Waals surface area contributed by atoms with Gasteiger partial charge in [0, 0.05) is 24.2 Å². The number of nitrogens with one attached hydrogen (secondary N) is 1. The molecule has 0 spiro atoms. The Morgan fingerprint density at radius 2 is 1.92 bits per heavy atom. The molecule has 0 aliphatic carbocycles. The monoisotopic (exact) mass is 561 g/mol. The highest BCUT2D eigenvalue weighted by Crippen LogP contribution is 2.38. The Morgan fingerprint density at radius 1 is 1.21 bits per heavy atom. The smallest absolute Gasteiger partial charge is 0.416 e. The largest absolute Gasteiger partial charge is 0.497 e. The molecule has 8 nitrogen and oxygen atoms in total. The number of methoxy groups -OCH3 is 1. The standard InChI is InChI=1S/C27H27ClF3N5O3/c1-15(16-9-18(27(29,30)31)11-19(32)10-16)33-23-21-12-36(8-7-22(21)34-25(28)35-23)24(37)26(13-39-14-26)17-3-5-20(38-2)6-4-17/h3-6,9-11,15H,7-8,12-14,32H2,1-2H3,(H,33,34,35)/t15-/m1/s1. The number of carbonyl (C=O) groups excluding carboxylic acids is 1. The van der Waals surface area contributed by atoms with Gasteiger partial charge in [-0.25, -0.2) is 9.97 Å². The maximum absolute atomic E-state index is 13.9. The number of anilines is 2. The van der Waals surface area contributed by atoms with Crippen LogP contribution in [0, 0.1) is 0 Å². The highest BCUT2D eigenvalue weighted by Gasteiger charge is 2.50. The summed E-state index contributed by atoms with van der Waals surface area (Å²) in [5.41, 5.74) is 6.63. The van der Waals surface area contributed by atoms with E-state index in [1.54, 1.807) is 18.9 Å². The number of rotatable bonds is 6. The van der Waals surface area contributed by atoms with E-state index in [0.717, 1.165) is 17.7 Å². The predicted octanol–water partition coefficient (Wildman–Crippen LogP) is 4.77. The number of alkyl halides is 3. The summed E-state index contributed by atoms with van der Waals surface area (Å²) < 4.78 is 50.8. The van der Waals surface area contributed by atoms with Gasteiger partial charge in [-0.2, -0.15) is 13.2 Å². The number of hydrogen-bond acceptors (Lipinski definition) is 7. The number of carbonyl (C=O) groups is 1. The van der Waals surface area contributed by atoms with Crippen LogP contribution in [0.4, 0.5) is 24.7 Å². The highest BCUT2D eigenvalue weighted by molar-refractivity contribution is 6.28. The van der Waals surface area contributed by atoms with Crippen LogP contribution in [0.2, 0.25) is 5.28 Å². The Labute approximate surface area is 228 Å². The van der Waals surface area contributed by atoms with Crippen molar-refractivity contribution in [2.24, 2.45) is 0 Å². The molecule has 12 heteroatoms. The van der Waals surface area contributed by atoms with Crippen LogP contribution in [0.1, 0.15) is 40.9 Å². The van der Waals surface area contributed by atoms with Gasteiger partial charge < -0.3 is 25.4 Å². The van der Waals surface area contributed by atoms with Crippen molar-refractivity contribution in [3.05, 3.63) is 75.7 Å². The fourth-order valence-corrected chi connectivity index (χ4v) is 5.17. The SMILES string of the molecule is COc1ccc(C2(C(=O)N3CCc4nc(Cl)nc(N[C@H](C)c5cc(N)cc(C(F)(F)F)c5)c4C3)COC2)cc1. The van der Waals surface area contributed by atoms with Gasteiger partial charge in [0.15, 0.2) is 0 Å². The summed E-state index contributed by atoms with van der Waals surface area (Å²) in [5, 5.41) is 3.18. The zero-order valence-electron chi connectivity index (χ0n) is 21.3. The Kier molecular flexibility index (Phi) is 7.06. The first-order valence-corrected chi connectivity index (χ1v) is 12.7. The Morgan fingerprint density at radius 3 is 2.54 bits per heavy atom. The zero-order valence-corrected chi connectivity index (χ0v) is 22.1. The minimum absolute atomic E-state index is 0.000423. The number of nitrogens with two attached hydrogens (primary N) is 1. The Balaban J connectivity index is 1.41. The summed E-state index contributed by atoms with van der Waals surface area (Å²) >= 11 is 6.19. The number of nitrogens with zero attached hydrogens (tertiary/aromatic N) is 3. The van der Waals surface area contributed by atoms with Crippen molar-refractivity contribution in [2.75, 3.05) is 37.9 Å². The highest BCUT2D eigenvalue weighted by atomic mass is 35.5. The van der Waals surface area contributed by atoms with Crippen molar-refractivity contribution < 1.29 is 27.4 Å². The molecule has 0 bridgehead atoms. The fraction of sp³-hybridized carbons (Fsp3) is 0.370. The first-order valence-electron chi connectivity index (χ1n) is 12.3. The molecule has 39 heavy (non-hydrogen) atoms. The predicted molar refractivity (Wildman–Crippen MR) is 140 cm³/mol. The van der Waals surface area contributed by atoms with E-state index in [0.29, 0.717) is 41.4 Å². The van der Waals surface area contributed by atoms with Crippen LogP contribution in [0.25, 0.3) is 0 Å². The van der Waals surface area contributed by atoms with Crippen LogP contribution in [0.5, 0.6) is 5.75 Å². The van der Waals surface area contributed by atoms with Crippen molar-refractivity contribution in [2.45, 2.75) is 37.5 Å². The third kappa shape index (κ3) is 5.20. The lowest BCUT2D eigenvalue weighted by Gasteiger charge is -2.44.